The van der Waals surface area contributed by atoms with Crippen LogP contribution in [0.2, 0.25) is 0 Å². The minimum atomic E-state index is 0.0133. The fourth-order valence-electron chi connectivity index (χ4n) is 1.49. The molecule has 2 nitrogen and oxygen atoms in total. The van der Waals surface area contributed by atoms with Gasteiger partial charge in [-0.1, -0.05) is 0 Å². The highest BCUT2D eigenvalue weighted by Gasteiger charge is 2.13. The Morgan fingerprint density at radius 2 is 2.00 bits per heavy atom. The van der Waals surface area contributed by atoms with Gasteiger partial charge in [0.1, 0.15) is 0 Å². The van der Waals surface area contributed by atoms with E-state index < -0.39 is 0 Å². The van der Waals surface area contributed by atoms with Crippen molar-refractivity contribution in [3.8, 4) is 0 Å². The highest BCUT2D eigenvalue weighted by atomic mass is 79.9. The smallest absolute Gasteiger partial charge is 0.0758 e. The first-order valence-corrected chi connectivity index (χ1v) is 7.16. The number of hydrogen-bond donors (Lipinski definition) is 1. The maximum Gasteiger partial charge on any atom is 0.0758 e. The Balaban J connectivity index is 2.14. The lowest BCUT2D eigenvalue weighted by molar-refractivity contribution is 0.721. The van der Waals surface area contributed by atoms with Crippen LogP contribution in [0.5, 0.6) is 0 Å². The second-order valence-electron chi connectivity index (χ2n) is 3.45. The van der Waals surface area contributed by atoms with Crippen LogP contribution in [0.4, 0.5) is 0 Å². The molecule has 0 fully saturated rings. The van der Waals surface area contributed by atoms with Gasteiger partial charge in [0, 0.05) is 18.4 Å². The van der Waals surface area contributed by atoms with Gasteiger partial charge in [0.15, 0.2) is 0 Å². The van der Waals surface area contributed by atoms with Crippen LogP contribution in [0.1, 0.15) is 17.2 Å². The molecule has 0 aliphatic rings. The number of halogens is 2. The summed E-state index contributed by atoms with van der Waals surface area (Å²) in [6.45, 7) is 0. The van der Waals surface area contributed by atoms with Crippen molar-refractivity contribution < 1.29 is 0 Å². The molecule has 2 rings (SSSR count). The van der Waals surface area contributed by atoms with Gasteiger partial charge in [0.2, 0.25) is 0 Å². The lowest BCUT2D eigenvalue weighted by Crippen LogP contribution is -2.12. The maximum atomic E-state index is 6.18. The Bertz CT molecular complexity index is 470. The normalized spacial score (nSPS) is 12.7. The summed E-state index contributed by atoms with van der Waals surface area (Å²) in [7, 11) is 0. The first-order chi connectivity index (χ1) is 7.66. The Labute approximate surface area is 115 Å². The molecule has 2 heterocycles. The molecule has 2 N–H and O–H groups in total. The molecular weight excluding hydrogens is 352 g/mol. The van der Waals surface area contributed by atoms with Gasteiger partial charge in [0.05, 0.1) is 7.57 Å². The summed E-state index contributed by atoms with van der Waals surface area (Å²) in [5.41, 5.74) is 8.53. The van der Waals surface area contributed by atoms with Crippen molar-refractivity contribution in [2.24, 2.45) is 5.73 Å². The maximum absolute atomic E-state index is 6.18. The van der Waals surface area contributed by atoms with Crippen molar-refractivity contribution in [3.63, 3.8) is 0 Å². The summed E-state index contributed by atoms with van der Waals surface area (Å²) in [5, 5.41) is 0. The first-order valence-electron chi connectivity index (χ1n) is 4.76. The van der Waals surface area contributed by atoms with Gasteiger partial charge in [-0.25, -0.2) is 0 Å². The van der Waals surface area contributed by atoms with E-state index in [-0.39, 0.29) is 6.04 Å². The number of nitrogens with two attached hydrogens (primary N) is 1. The molecular formula is C11H10Br2N2S. The molecule has 0 bridgehead atoms. The molecule has 0 aliphatic carbocycles. The van der Waals surface area contributed by atoms with Crippen LogP contribution < -0.4 is 5.73 Å². The van der Waals surface area contributed by atoms with E-state index in [1.165, 1.54) is 5.56 Å². The highest BCUT2D eigenvalue weighted by molar-refractivity contribution is 9.12. The topological polar surface area (TPSA) is 38.9 Å². The summed E-state index contributed by atoms with van der Waals surface area (Å²) >= 11 is 8.64. The standard InChI is InChI=1S/C11H10Br2N2S/c12-10-6-8(11(13)16-10)9(14)5-7-1-3-15-4-2-7/h1-4,6,9H,5,14H2. The van der Waals surface area contributed by atoms with Gasteiger partial charge in [-0.2, -0.15) is 0 Å². The van der Waals surface area contributed by atoms with Crippen LogP contribution in [-0.4, -0.2) is 4.98 Å². The van der Waals surface area contributed by atoms with Crippen LogP contribution in [0, 0.1) is 0 Å². The van der Waals surface area contributed by atoms with Crippen molar-refractivity contribution in [1.29, 1.82) is 0 Å². The predicted molar refractivity (Wildman–Crippen MR) is 74.6 cm³/mol. The van der Waals surface area contributed by atoms with E-state index in [2.05, 4.69) is 42.9 Å². The van der Waals surface area contributed by atoms with Gasteiger partial charge in [-0.3, -0.25) is 4.98 Å². The van der Waals surface area contributed by atoms with Gasteiger partial charge in [0.25, 0.3) is 0 Å². The van der Waals surface area contributed by atoms with E-state index >= 15 is 0 Å². The molecule has 0 aliphatic heterocycles. The third-order valence-electron chi connectivity index (χ3n) is 2.29. The SMILES string of the molecule is NC(Cc1ccncc1)c1cc(Br)sc1Br. The molecule has 2 aromatic rings. The fraction of sp³-hybridized carbons (Fsp3) is 0.182. The highest BCUT2D eigenvalue weighted by Crippen LogP contribution is 2.35. The van der Waals surface area contributed by atoms with Crippen molar-refractivity contribution in [2.45, 2.75) is 12.5 Å². The van der Waals surface area contributed by atoms with E-state index in [0.29, 0.717) is 0 Å². The summed E-state index contributed by atoms with van der Waals surface area (Å²) < 4.78 is 2.19. The molecule has 1 unspecified atom stereocenters. The van der Waals surface area contributed by atoms with Crippen LogP contribution in [0.3, 0.4) is 0 Å². The number of hydrogen-bond acceptors (Lipinski definition) is 3. The van der Waals surface area contributed by atoms with Gasteiger partial charge in [-0.15, -0.1) is 11.3 Å². The van der Waals surface area contributed by atoms with Gasteiger partial charge in [-0.05, 0) is 67.6 Å². The number of pyridine rings is 1. The molecule has 2 aromatic heterocycles. The molecule has 0 spiro atoms. The first kappa shape index (κ1) is 12.2. The summed E-state index contributed by atoms with van der Waals surface area (Å²) in [6.07, 6.45) is 4.41. The van der Waals surface area contributed by atoms with E-state index in [1.807, 2.05) is 12.1 Å². The summed E-state index contributed by atoms with van der Waals surface area (Å²) in [6, 6.07) is 6.07. The molecule has 0 radical (unpaired) electrons. The number of thiophene rings is 1. The average Bonchev–Trinajstić information content (AvgIpc) is 2.59. The van der Waals surface area contributed by atoms with Crippen molar-refractivity contribution in [2.75, 3.05) is 0 Å². The minimum absolute atomic E-state index is 0.0133. The van der Waals surface area contributed by atoms with Crippen molar-refractivity contribution in [1.82, 2.24) is 4.98 Å². The van der Waals surface area contributed by atoms with Crippen LogP contribution in [0.25, 0.3) is 0 Å². The fourth-order valence-corrected chi connectivity index (χ4v) is 4.49. The predicted octanol–water partition coefficient (Wildman–Crippen LogP) is 3.91. The number of rotatable bonds is 3. The lowest BCUT2D eigenvalue weighted by Gasteiger charge is -2.10. The van der Waals surface area contributed by atoms with Crippen LogP contribution in [0.15, 0.2) is 38.2 Å². The van der Waals surface area contributed by atoms with Crippen molar-refractivity contribution >= 4 is 43.2 Å². The molecule has 0 saturated carbocycles. The van der Waals surface area contributed by atoms with E-state index in [0.717, 1.165) is 19.6 Å². The van der Waals surface area contributed by atoms with E-state index in [1.54, 1.807) is 23.7 Å². The third-order valence-corrected chi connectivity index (χ3v) is 4.67. The third kappa shape index (κ3) is 2.91. The molecule has 0 saturated heterocycles. The average molecular weight is 362 g/mol. The van der Waals surface area contributed by atoms with Gasteiger partial charge < -0.3 is 5.73 Å². The number of nitrogens with zero attached hydrogens (tertiary/aromatic N) is 1. The largest absolute Gasteiger partial charge is 0.324 e. The Hall–Kier alpha value is -0.230. The van der Waals surface area contributed by atoms with Crippen molar-refractivity contribution in [3.05, 3.63) is 49.3 Å². The monoisotopic (exact) mass is 360 g/mol. The quantitative estimate of drug-likeness (QED) is 0.899. The zero-order valence-electron chi connectivity index (χ0n) is 8.36. The summed E-state index contributed by atoms with van der Waals surface area (Å²) in [4.78, 5) is 3.99. The molecule has 0 aromatic carbocycles. The zero-order valence-corrected chi connectivity index (χ0v) is 12.3. The molecule has 16 heavy (non-hydrogen) atoms. The second-order valence-corrected chi connectivity index (χ2v) is 7.19. The van der Waals surface area contributed by atoms with Crippen LogP contribution in [-0.2, 0) is 6.42 Å². The van der Waals surface area contributed by atoms with E-state index in [9.17, 15) is 0 Å². The Morgan fingerprint density at radius 3 is 2.56 bits per heavy atom. The second kappa shape index (κ2) is 5.40. The molecule has 5 heteroatoms. The lowest BCUT2D eigenvalue weighted by atomic mass is 10.0. The Kier molecular flexibility index (Phi) is 4.13. The Morgan fingerprint density at radius 1 is 1.31 bits per heavy atom. The molecule has 84 valence electrons. The zero-order chi connectivity index (χ0) is 11.5. The van der Waals surface area contributed by atoms with E-state index in [4.69, 9.17) is 5.73 Å². The molecule has 0 amide bonds. The minimum Gasteiger partial charge on any atom is -0.324 e. The van der Waals surface area contributed by atoms with Crippen LogP contribution >= 0.6 is 43.2 Å². The van der Waals surface area contributed by atoms with Gasteiger partial charge >= 0.3 is 0 Å². The number of aromatic nitrogens is 1. The summed E-state index contributed by atoms with van der Waals surface area (Å²) in [5.74, 6) is 0. The molecule has 1 atom stereocenters.